The molecule has 0 aliphatic heterocycles. The lowest BCUT2D eigenvalue weighted by Crippen LogP contribution is -2.05. The number of fused-ring (bicyclic) bond motifs is 9. The van der Waals surface area contributed by atoms with Crippen molar-refractivity contribution >= 4 is 54.1 Å². The summed E-state index contributed by atoms with van der Waals surface area (Å²) in [6, 6.07) is 18.7. The molecule has 9 aromatic rings. The Morgan fingerprint density at radius 3 is 1.57 bits per heavy atom. The van der Waals surface area contributed by atoms with Crippen LogP contribution in [0, 0.1) is 64.0 Å². The molecule has 7 aromatic carbocycles. The molecule has 0 saturated heterocycles. The minimum atomic E-state index is -2.56. The average molecular weight is 743 g/mol. The smallest absolute Gasteiger partial charge is 0.198 e. The molecule has 2 nitrogen and oxygen atoms in total. The maximum atomic E-state index is 16.3. The number of pyridine rings is 1. The molecule has 264 valence electrons. The van der Waals surface area contributed by atoms with Crippen LogP contribution in [0.5, 0.6) is 0 Å². The van der Waals surface area contributed by atoms with Crippen molar-refractivity contribution in [3.8, 4) is 39.1 Å². The van der Waals surface area contributed by atoms with Gasteiger partial charge in [-0.05, 0) is 40.6 Å². The molecule has 0 unspecified atom stereocenters. The molecule has 0 spiro atoms. The standard InChI is InChI=1S/C41H13F11N2/c42-31-27-25-23-24(35(46)39(50)36(47)26(23)28(27)32(43)30-29(31)37(48)40(51)41(52)38(30)49)21(33(44)34(25)45)15-5-8-16(9-6-15)54-19-11-12-53-13-18(19)22-17-4-2-1-3-14(17)7-10-20(22)54/h1-13H. The van der Waals surface area contributed by atoms with Gasteiger partial charge in [-0.2, -0.15) is 0 Å². The molecule has 0 saturated carbocycles. The first-order valence-corrected chi connectivity index (χ1v) is 16.0. The number of hydrogen-bond acceptors (Lipinski definition) is 1. The highest BCUT2D eigenvalue weighted by molar-refractivity contribution is 6.22. The van der Waals surface area contributed by atoms with Gasteiger partial charge in [0.1, 0.15) is 11.6 Å². The van der Waals surface area contributed by atoms with Gasteiger partial charge in [0.05, 0.1) is 21.8 Å². The van der Waals surface area contributed by atoms with Gasteiger partial charge in [-0.25, -0.2) is 48.3 Å². The fourth-order valence-electron chi connectivity index (χ4n) is 8.00. The molecule has 1 aliphatic carbocycles. The predicted molar refractivity (Wildman–Crippen MR) is 180 cm³/mol. The number of halogens is 11. The Morgan fingerprint density at radius 2 is 0.926 bits per heavy atom. The molecule has 0 atom stereocenters. The van der Waals surface area contributed by atoms with E-state index in [2.05, 4.69) is 4.98 Å². The minimum absolute atomic E-state index is 0.284. The van der Waals surface area contributed by atoms with E-state index >= 15 is 30.7 Å². The fraction of sp³-hybridized carbons (Fsp3) is 0. The van der Waals surface area contributed by atoms with Crippen LogP contribution in [0.25, 0.3) is 93.2 Å². The average Bonchev–Trinajstić information content (AvgIpc) is 3.72. The maximum absolute atomic E-state index is 16.3. The van der Waals surface area contributed by atoms with Crippen molar-refractivity contribution in [2.24, 2.45) is 0 Å². The normalized spacial score (nSPS) is 12.4. The molecule has 0 bridgehead atoms. The van der Waals surface area contributed by atoms with Gasteiger partial charge >= 0.3 is 0 Å². The van der Waals surface area contributed by atoms with Crippen molar-refractivity contribution in [2.45, 2.75) is 0 Å². The molecule has 1 aliphatic rings. The van der Waals surface area contributed by atoms with Crippen molar-refractivity contribution < 1.29 is 48.3 Å². The van der Waals surface area contributed by atoms with Gasteiger partial charge in [-0.1, -0.05) is 42.5 Å². The Labute approximate surface area is 293 Å². The van der Waals surface area contributed by atoms with E-state index in [1.807, 2.05) is 41.0 Å². The largest absolute Gasteiger partial charge is 0.309 e. The highest BCUT2D eigenvalue weighted by Gasteiger charge is 2.42. The molecular weight excluding hydrogens is 729 g/mol. The Hall–Kier alpha value is -6.50. The van der Waals surface area contributed by atoms with Gasteiger partial charge in [-0.15, -0.1) is 0 Å². The quantitative estimate of drug-likeness (QED) is 0.0980. The summed E-state index contributed by atoms with van der Waals surface area (Å²) >= 11 is 0. The maximum Gasteiger partial charge on any atom is 0.198 e. The van der Waals surface area contributed by atoms with E-state index in [9.17, 15) is 17.6 Å². The zero-order valence-electron chi connectivity index (χ0n) is 26.6. The topological polar surface area (TPSA) is 17.8 Å². The van der Waals surface area contributed by atoms with Crippen LogP contribution in [0.1, 0.15) is 0 Å². The predicted octanol–water partition coefficient (Wildman–Crippen LogP) is 12.5. The SMILES string of the molecule is Fc1c(F)c(F)c2c(F)c3c(c(F)c2c1F)-c1c(F)c(F)c(F)c2c(-c4ccc(-n5c6ccncc6c6c7ccccc7ccc65)cc4)c(F)c(F)c-3c12. The Balaban J connectivity index is 1.26. The van der Waals surface area contributed by atoms with Crippen LogP contribution in [0.15, 0.2) is 79.1 Å². The first-order chi connectivity index (χ1) is 25.9. The molecule has 0 N–H and O–H groups in total. The second-order valence-corrected chi connectivity index (χ2v) is 12.8. The minimum Gasteiger partial charge on any atom is -0.309 e. The summed E-state index contributed by atoms with van der Waals surface area (Å²) in [6.07, 6.45) is 3.27. The monoisotopic (exact) mass is 742 g/mol. The van der Waals surface area contributed by atoms with E-state index in [0.717, 1.165) is 32.6 Å². The van der Waals surface area contributed by atoms with Gasteiger partial charge in [0.25, 0.3) is 0 Å². The van der Waals surface area contributed by atoms with Crippen LogP contribution in [0.2, 0.25) is 0 Å². The number of benzene rings is 7. The summed E-state index contributed by atoms with van der Waals surface area (Å²) < 4.78 is 172. The third-order valence-corrected chi connectivity index (χ3v) is 10.2. The van der Waals surface area contributed by atoms with Crippen molar-refractivity contribution in [3.63, 3.8) is 0 Å². The summed E-state index contributed by atoms with van der Waals surface area (Å²) in [6.45, 7) is 0. The zero-order chi connectivity index (χ0) is 37.6. The van der Waals surface area contributed by atoms with Crippen molar-refractivity contribution in [2.75, 3.05) is 0 Å². The Bertz CT molecular complexity index is 3160. The van der Waals surface area contributed by atoms with Crippen LogP contribution in [-0.4, -0.2) is 9.55 Å². The molecule has 54 heavy (non-hydrogen) atoms. The lowest BCUT2D eigenvalue weighted by molar-refractivity contribution is 0.414. The number of nitrogens with zero attached hydrogens (tertiary/aromatic N) is 2. The van der Waals surface area contributed by atoms with Crippen LogP contribution in [0.4, 0.5) is 48.3 Å². The van der Waals surface area contributed by atoms with Crippen LogP contribution in [0.3, 0.4) is 0 Å². The van der Waals surface area contributed by atoms with Gasteiger partial charge in [-0.3, -0.25) is 4.98 Å². The van der Waals surface area contributed by atoms with E-state index in [1.54, 1.807) is 18.5 Å². The van der Waals surface area contributed by atoms with Gasteiger partial charge in [0, 0.05) is 67.4 Å². The van der Waals surface area contributed by atoms with Gasteiger partial charge in [0.2, 0.25) is 0 Å². The van der Waals surface area contributed by atoms with Crippen molar-refractivity contribution in [1.82, 2.24) is 9.55 Å². The molecule has 0 amide bonds. The van der Waals surface area contributed by atoms with E-state index in [4.69, 9.17) is 0 Å². The number of aromatic nitrogens is 2. The van der Waals surface area contributed by atoms with E-state index < -0.39 is 113 Å². The highest BCUT2D eigenvalue weighted by atomic mass is 19.2. The highest BCUT2D eigenvalue weighted by Crippen LogP contribution is 2.57. The summed E-state index contributed by atoms with van der Waals surface area (Å²) in [5, 5.41) is -2.36. The Morgan fingerprint density at radius 1 is 0.370 bits per heavy atom. The van der Waals surface area contributed by atoms with Crippen molar-refractivity contribution in [1.29, 1.82) is 0 Å². The summed E-state index contributed by atoms with van der Waals surface area (Å²) in [4.78, 5) is 4.28. The molecular formula is C41H13F11N2. The van der Waals surface area contributed by atoms with Gasteiger partial charge < -0.3 is 4.57 Å². The summed E-state index contributed by atoms with van der Waals surface area (Å²) in [5.41, 5.74) is -4.97. The summed E-state index contributed by atoms with van der Waals surface area (Å²) in [7, 11) is 0. The third-order valence-electron chi connectivity index (χ3n) is 10.2. The number of rotatable bonds is 2. The van der Waals surface area contributed by atoms with Crippen molar-refractivity contribution in [3.05, 3.63) is 143 Å². The second kappa shape index (κ2) is 10.8. The van der Waals surface area contributed by atoms with Crippen LogP contribution in [-0.2, 0) is 0 Å². The van der Waals surface area contributed by atoms with E-state index in [1.165, 1.54) is 24.3 Å². The lowest BCUT2D eigenvalue weighted by atomic mass is 9.92. The molecule has 0 fully saturated rings. The molecule has 10 rings (SSSR count). The Kier molecular flexibility index (Phi) is 6.42. The van der Waals surface area contributed by atoms with Gasteiger partial charge in [0.15, 0.2) is 52.4 Å². The second-order valence-electron chi connectivity index (χ2n) is 12.8. The first-order valence-electron chi connectivity index (χ1n) is 16.0. The first kappa shape index (κ1) is 32.2. The van der Waals surface area contributed by atoms with Crippen LogP contribution < -0.4 is 0 Å². The molecule has 2 aromatic heterocycles. The molecule has 2 heterocycles. The molecule has 13 heteroatoms. The van der Waals surface area contributed by atoms with Crippen LogP contribution >= 0.6 is 0 Å². The lowest BCUT2D eigenvalue weighted by Gasteiger charge is -2.15. The number of hydrogen-bond donors (Lipinski definition) is 0. The fourth-order valence-corrected chi connectivity index (χ4v) is 8.00. The summed E-state index contributed by atoms with van der Waals surface area (Å²) in [5.74, 6) is -24.8. The molecule has 0 radical (unpaired) electrons. The third kappa shape index (κ3) is 3.77. The zero-order valence-corrected chi connectivity index (χ0v) is 26.6. The van der Waals surface area contributed by atoms with E-state index in [-0.39, 0.29) is 5.56 Å². The van der Waals surface area contributed by atoms with E-state index in [0.29, 0.717) is 5.69 Å².